The van der Waals surface area contributed by atoms with Crippen LogP contribution in [-0.2, 0) is 14.3 Å². The summed E-state index contributed by atoms with van der Waals surface area (Å²) in [5, 5.41) is 5.25. The van der Waals surface area contributed by atoms with Crippen LogP contribution in [0, 0.1) is 0 Å². The molecule has 0 heterocycles. The van der Waals surface area contributed by atoms with E-state index in [1.165, 1.54) is 0 Å². The van der Waals surface area contributed by atoms with E-state index in [-0.39, 0.29) is 12.6 Å². The van der Waals surface area contributed by atoms with Gasteiger partial charge >= 0.3 is 5.97 Å². The van der Waals surface area contributed by atoms with Gasteiger partial charge in [0.2, 0.25) is 0 Å². The number of esters is 1. The second-order valence-electron chi connectivity index (χ2n) is 7.32. The maximum Gasteiger partial charge on any atom is 0.325 e. The van der Waals surface area contributed by atoms with Gasteiger partial charge in [-0.05, 0) is 36.2 Å². The number of benzene rings is 3. The number of carbonyl (C=O) groups is 3. The topological polar surface area (TPSA) is 93.7 Å². The molecule has 0 aromatic heterocycles. The van der Waals surface area contributed by atoms with Gasteiger partial charge in [0, 0.05) is 11.1 Å². The first kappa shape index (κ1) is 23.5. The SMILES string of the molecule is COc1ccccc1C(C)NC(=O)COC(=O)CNC(=O)c1ccc(-c2ccccc2)cc1. The molecule has 0 aliphatic rings. The number of amides is 2. The summed E-state index contributed by atoms with van der Waals surface area (Å²) >= 11 is 0. The standard InChI is InChI=1S/C26H26N2O5/c1-18(22-10-6-7-11-23(22)32-2)28-24(29)17-33-25(30)16-27-26(31)21-14-12-20(13-15-21)19-8-4-3-5-9-19/h3-15,18H,16-17H2,1-2H3,(H,27,31)(H,28,29). The molecule has 1 unspecified atom stereocenters. The lowest BCUT2D eigenvalue weighted by atomic mass is 10.0. The fourth-order valence-electron chi connectivity index (χ4n) is 3.28. The number of methoxy groups -OCH3 is 1. The lowest BCUT2D eigenvalue weighted by molar-refractivity contribution is -0.147. The largest absolute Gasteiger partial charge is 0.496 e. The molecule has 0 aliphatic carbocycles. The van der Waals surface area contributed by atoms with Crippen molar-refractivity contribution in [3.05, 3.63) is 90.0 Å². The third-order valence-corrected chi connectivity index (χ3v) is 4.99. The van der Waals surface area contributed by atoms with Crippen LogP contribution in [0.1, 0.15) is 28.9 Å². The Labute approximate surface area is 192 Å². The zero-order valence-corrected chi connectivity index (χ0v) is 18.5. The number of carbonyl (C=O) groups excluding carboxylic acids is 3. The molecule has 0 fully saturated rings. The summed E-state index contributed by atoms with van der Waals surface area (Å²) < 4.78 is 10.3. The van der Waals surface area contributed by atoms with Gasteiger partial charge in [0.25, 0.3) is 11.8 Å². The molecular weight excluding hydrogens is 420 g/mol. The fourth-order valence-corrected chi connectivity index (χ4v) is 3.28. The minimum absolute atomic E-state index is 0.328. The Kier molecular flexibility index (Phi) is 8.18. The number of hydrogen-bond acceptors (Lipinski definition) is 5. The molecule has 0 saturated carbocycles. The normalized spacial score (nSPS) is 11.2. The van der Waals surface area contributed by atoms with Crippen LogP contribution in [0.5, 0.6) is 5.75 Å². The number of ether oxygens (including phenoxy) is 2. The molecule has 0 saturated heterocycles. The van der Waals surface area contributed by atoms with E-state index in [0.29, 0.717) is 11.3 Å². The highest BCUT2D eigenvalue weighted by Crippen LogP contribution is 2.24. The molecule has 0 radical (unpaired) electrons. The Balaban J connectivity index is 1.42. The quantitative estimate of drug-likeness (QED) is 0.491. The van der Waals surface area contributed by atoms with Crippen molar-refractivity contribution in [1.29, 1.82) is 0 Å². The van der Waals surface area contributed by atoms with Crippen LogP contribution in [-0.4, -0.2) is 38.0 Å². The van der Waals surface area contributed by atoms with Gasteiger partial charge in [-0.25, -0.2) is 0 Å². The van der Waals surface area contributed by atoms with E-state index in [4.69, 9.17) is 9.47 Å². The number of nitrogens with one attached hydrogen (secondary N) is 2. The van der Waals surface area contributed by atoms with Gasteiger partial charge in [-0.2, -0.15) is 0 Å². The highest BCUT2D eigenvalue weighted by Gasteiger charge is 2.15. The van der Waals surface area contributed by atoms with E-state index in [9.17, 15) is 14.4 Å². The maximum atomic E-state index is 12.3. The summed E-state index contributed by atoms with van der Waals surface area (Å²) in [6.45, 7) is 1.02. The molecule has 3 aromatic rings. The highest BCUT2D eigenvalue weighted by molar-refractivity contribution is 5.96. The second kappa shape index (κ2) is 11.5. The van der Waals surface area contributed by atoms with Gasteiger partial charge in [0.05, 0.1) is 13.2 Å². The molecule has 7 nitrogen and oxygen atoms in total. The molecule has 0 aliphatic heterocycles. The maximum absolute atomic E-state index is 12.3. The summed E-state index contributed by atoms with van der Waals surface area (Å²) in [6, 6.07) is 23.9. The lowest BCUT2D eigenvalue weighted by Crippen LogP contribution is -2.34. The molecule has 2 amide bonds. The summed E-state index contributed by atoms with van der Waals surface area (Å²) in [6.07, 6.45) is 0. The van der Waals surface area contributed by atoms with E-state index in [1.54, 1.807) is 32.2 Å². The molecule has 1 atom stereocenters. The molecular formula is C26H26N2O5. The molecule has 33 heavy (non-hydrogen) atoms. The predicted octanol–water partition coefficient (Wildman–Crippen LogP) is 3.51. The summed E-state index contributed by atoms with van der Waals surface area (Å²) in [5.41, 5.74) is 3.27. The smallest absolute Gasteiger partial charge is 0.325 e. The third-order valence-electron chi connectivity index (χ3n) is 4.99. The summed E-state index contributed by atoms with van der Waals surface area (Å²) in [7, 11) is 1.56. The van der Waals surface area contributed by atoms with Crippen molar-refractivity contribution >= 4 is 17.8 Å². The number of para-hydroxylation sites is 1. The van der Waals surface area contributed by atoms with Gasteiger partial charge in [-0.1, -0.05) is 60.7 Å². The van der Waals surface area contributed by atoms with E-state index in [0.717, 1.165) is 16.7 Å². The molecule has 3 rings (SSSR count). The fraction of sp³-hybridized carbons (Fsp3) is 0.192. The second-order valence-corrected chi connectivity index (χ2v) is 7.32. The van der Waals surface area contributed by atoms with Gasteiger partial charge in [0.1, 0.15) is 12.3 Å². The third kappa shape index (κ3) is 6.67. The van der Waals surface area contributed by atoms with Crippen molar-refractivity contribution in [2.75, 3.05) is 20.3 Å². The minimum Gasteiger partial charge on any atom is -0.496 e. The zero-order valence-electron chi connectivity index (χ0n) is 18.5. The first-order valence-electron chi connectivity index (χ1n) is 10.5. The van der Waals surface area contributed by atoms with Crippen molar-refractivity contribution < 1.29 is 23.9 Å². The van der Waals surface area contributed by atoms with E-state index >= 15 is 0 Å². The van der Waals surface area contributed by atoms with E-state index < -0.39 is 24.4 Å². The monoisotopic (exact) mass is 446 g/mol. The Bertz CT molecular complexity index is 1100. The lowest BCUT2D eigenvalue weighted by Gasteiger charge is -2.17. The van der Waals surface area contributed by atoms with Gasteiger partial charge in [-0.3, -0.25) is 14.4 Å². The Morgan fingerprint density at radius 3 is 2.18 bits per heavy atom. The zero-order chi connectivity index (χ0) is 23.6. The first-order chi connectivity index (χ1) is 16.0. The number of hydrogen-bond donors (Lipinski definition) is 2. The van der Waals surface area contributed by atoms with Gasteiger partial charge < -0.3 is 20.1 Å². The van der Waals surface area contributed by atoms with E-state index in [1.807, 2.05) is 60.7 Å². The first-order valence-corrected chi connectivity index (χ1v) is 10.5. The number of rotatable bonds is 9. The van der Waals surface area contributed by atoms with Crippen LogP contribution in [0.4, 0.5) is 0 Å². The van der Waals surface area contributed by atoms with Gasteiger partial charge in [-0.15, -0.1) is 0 Å². The van der Waals surface area contributed by atoms with Crippen molar-refractivity contribution in [2.24, 2.45) is 0 Å². The Hall–Kier alpha value is -4.13. The van der Waals surface area contributed by atoms with Crippen molar-refractivity contribution in [3.8, 4) is 16.9 Å². The van der Waals surface area contributed by atoms with E-state index in [2.05, 4.69) is 10.6 Å². The summed E-state index contributed by atoms with van der Waals surface area (Å²) in [4.78, 5) is 36.4. The van der Waals surface area contributed by atoms with Crippen molar-refractivity contribution in [2.45, 2.75) is 13.0 Å². The van der Waals surface area contributed by atoms with Gasteiger partial charge in [0.15, 0.2) is 6.61 Å². The minimum atomic E-state index is -0.704. The molecule has 170 valence electrons. The Morgan fingerprint density at radius 1 is 0.848 bits per heavy atom. The predicted molar refractivity (Wildman–Crippen MR) is 125 cm³/mol. The molecule has 0 bridgehead atoms. The molecule has 2 N–H and O–H groups in total. The van der Waals surface area contributed by atoms with Crippen LogP contribution < -0.4 is 15.4 Å². The average molecular weight is 447 g/mol. The van der Waals surface area contributed by atoms with Crippen molar-refractivity contribution in [1.82, 2.24) is 10.6 Å². The van der Waals surface area contributed by atoms with Crippen LogP contribution in [0.15, 0.2) is 78.9 Å². The highest BCUT2D eigenvalue weighted by atomic mass is 16.5. The summed E-state index contributed by atoms with van der Waals surface area (Å²) in [5.74, 6) is -0.906. The van der Waals surface area contributed by atoms with Crippen LogP contribution >= 0.6 is 0 Å². The Morgan fingerprint density at radius 2 is 1.48 bits per heavy atom. The molecule has 3 aromatic carbocycles. The average Bonchev–Trinajstić information content (AvgIpc) is 2.86. The van der Waals surface area contributed by atoms with Crippen LogP contribution in [0.3, 0.4) is 0 Å². The van der Waals surface area contributed by atoms with Crippen molar-refractivity contribution in [3.63, 3.8) is 0 Å². The van der Waals surface area contributed by atoms with Crippen LogP contribution in [0.25, 0.3) is 11.1 Å². The van der Waals surface area contributed by atoms with Crippen LogP contribution in [0.2, 0.25) is 0 Å². The molecule has 0 spiro atoms. The molecule has 7 heteroatoms.